The number of nitrogens with one attached hydrogen (secondary N) is 2. The van der Waals surface area contributed by atoms with Gasteiger partial charge in [-0.3, -0.25) is 19.2 Å². The molecule has 0 saturated heterocycles. The van der Waals surface area contributed by atoms with Crippen molar-refractivity contribution < 1.29 is 44.4 Å². The van der Waals surface area contributed by atoms with Gasteiger partial charge >= 0.3 is 17.9 Å². The molecule has 0 unspecified atom stereocenters. The lowest BCUT2D eigenvalue weighted by atomic mass is 10.0. The number of hydrogen-bond donors (Lipinski definition) is 7. The molecular weight excluding hydrogens is 414 g/mol. The van der Waals surface area contributed by atoms with Crippen LogP contribution < -0.4 is 16.4 Å². The van der Waals surface area contributed by atoms with Crippen LogP contribution in [-0.2, 0) is 30.4 Å². The number of aromatic hydroxyl groups is 1. The van der Waals surface area contributed by atoms with E-state index in [1.54, 1.807) is 0 Å². The molecule has 0 saturated carbocycles. The topological polar surface area (TPSA) is 216 Å². The van der Waals surface area contributed by atoms with Crippen molar-refractivity contribution in [3.05, 3.63) is 29.8 Å². The molecule has 0 aliphatic rings. The molecule has 170 valence electrons. The summed E-state index contributed by atoms with van der Waals surface area (Å²) in [4.78, 5) is 57.7. The van der Waals surface area contributed by atoms with Gasteiger partial charge in [-0.15, -0.1) is 0 Å². The quantitative estimate of drug-likeness (QED) is 0.200. The van der Waals surface area contributed by atoms with Crippen LogP contribution in [0.3, 0.4) is 0 Å². The van der Waals surface area contributed by atoms with Gasteiger partial charge in [0.25, 0.3) is 0 Å². The summed E-state index contributed by atoms with van der Waals surface area (Å²) in [5.41, 5.74) is 6.18. The SMILES string of the molecule is N[C@H](CCC(=O)O)C(=O)N[C@H](Cc1ccc(O)cc1)C(=O)N[C@@H](CCC(=O)O)C(=O)O. The maximum Gasteiger partial charge on any atom is 0.326 e. The number of phenols is 1. The molecule has 1 aromatic carbocycles. The maximum absolute atomic E-state index is 12.7. The number of rotatable bonds is 13. The monoisotopic (exact) mass is 439 g/mol. The highest BCUT2D eigenvalue weighted by molar-refractivity contribution is 5.92. The summed E-state index contributed by atoms with van der Waals surface area (Å²) in [6.07, 6.45) is -1.49. The van der Waals surface area contributed by atoms with E-state index >= 15 is 0 Å². The molecule has 12 heteroatoms. The van der Waals surface area contributed by atoms with Gasteiger partial charge in [-0.2, -0.15) is 0 Å². The number of benzene rings is 1. The van der Waals surface area contributed by atoms with E-state index < -0.39 is 54.3 Å². The molecule has 8 N–H and O–H groups in total. The zero-order chi connectivity index (χ0) is 23.6. The van der Waals surface area contributed by atoms with Crippen molar-refractivity contribution in [2.45, 2.75) is 50.2 Å². The van der Waals surface area contributed by atoms with Gasteiger partial charge in [-0.1, -0.05) is 12.1 Å². The van der Waals surface area contributed by atoms with Crippen molar-refractivity contribution in [1.29, 1.82) is 0 Å². The van der Waals surface area contributed by atoms with E-state index in [1.807, 2.05) is 0 Å². The standard InChI is InChI=1S/C19H25N3O9/c20-12(5-7-15(24)25)17(28)22-14(9-10-1-3-11(23)4-2-10)18(29)21-13(19(30)31)6-8-16(26)27/h1-4,12-14,23H,5-9,20H2,(H,21,29)(H,22,28)(H,24,25)(H,26,27)(H,30,31)/t12-,13+,14-/m1/s1. The molecule has 2 amide bonds. The number of hydrogen-bond acceptors (Lipinski definition) is 7. The largest absolute Gasteiger partial charge is 0.508 e. The lowest BCUT2D eigenvalue weighted by Crippen LogP contribution is -2.55. The van der Waals surface area contributed by atoms with E-state index in [0.717, 1.165) is 0 Å². The maximum atomic E-state index is 12.7. The molecular formula is C19H25N3O9. The summed E-state index contributed by atoms with van der Waals surface area (Å²) in [6.45, 7) is 0. The number of phenolic OH excluding ortho intramolecular Hbond substituents is 1. The fourth-order valence-corrected chi connectivity index (χ4v) is 2.56. The summed E-state index contributed by atoms with van der Waals surface area (Å²) in [5.74, 6) is -5.54. The number of carbonyl (C=O) groups is 5. The highest BCUT2D eigenvalue weighted by atomic mass is 16.4. The summed E-state index contributed by atoms with van der Waals surface area (Å²) in [5, 5.41) is 40.6. The summed E-state index contributed by atoms with van der Waals surface area (Å²) >= 11 is 0. The molecule has 12 nitrogen and oxygen atoms in total. The Kier molecular flexibility index (Phi) is 9.92. The van der Waals surface area contributed by atoms with Crippen LogP contribution >= 0.6 is 0 Å². The number of carboxylic acid groups (broad SMARTS) is 3. The highest BCUT2D eigenvalue weighted by Gasteiger charge is 2.28. The minimum Gasteiger partial charge on any atom is -0.508 e. The Morgan fingerprint density at radius 3 is 1.84 bits per heavy atom. The van der Waals surface area contributed by atoms with Gasteiger partial charge in [0.05, 0.1) is 6.04 Å². The Hall–Kier alpha value is -3.67. The average Bonchev–Trinajstić information content (AvgIpc) is 2.69. The van der Waals surface area contributed by atoms with Gasteiger partial charge in [-0.25, -0.2) is 4.79 Å². The van der Waals surface area contributed by atoms with Crippen molar-refractivity contribution in [2.24, 2.45) is 5.73 Å². The number of carboxylic acids is 3. The number of aliphatic carboxylic acids is 3. The fraction of sp³-hybridized carbons (Fsp3) is 0.421. The third-order valence-electron chi connectivity index (χ3n) is 4.28. The molecule has 0 heterocycles. The minimum absolute atomic E-state index is 0.0240. The molecule has 0 aliphatic heterocycles. The molecule has 0 radical (unpaired) electrons. The van der Waals surface area contributed by atoms with E-state index in [4.69, 9.17) is 15.9 Å². The third kappa shape index (κ3) is 9.58. The second-order valence-corrected chi connectivity index (χ2v) is 6.80. The Bertz CT molecular complexity index is 810. The molecule has 0 aromatic heterocycles. The normalized spacial score (nSPS) is 13.5. The average molecular weight is 439 g/mol. The highest BCUT2D eigenvalue weighted by Crippen LogP contribution is 2.12. The molecule has 1 rings (SSSR count). The first-order valence-corrected chi connectivity index (χ1v) is 9.30. The second-order valence-electron chi connectivity index (χ2n) is 6.80. The van der Waals surface area contributed by atoms with E-state index in [2.05, 4.69) is 10.6 Å². The molecule has 1 aromatic rings. The van der Waals surface area contributed by atoms with E-state index in [9.17, 15) is 34.2 Å². The minimum atomic E-state index is -1.50. The van der Waals surface area contributed by atoms with Gasteiger partial charge in [0.15, 0.2) is 0 Å². The van der Waals surface area contributed by atoms with Crippen LogP contribution in [0.5, 0.6) is 5.75 Å². The fourth-order valence-electron chi connectivity index (χ4n) is 2.56. The second kappa shape index (κ2) is 12.1. The van der Waals surface area contributed by atoms with Gasteiger partial charge in [-0.05, 0) is 30.5 Å². The Morgan fingerprint density at radius 2 is 1.32 bits per heavy atom. The van der Waals surface area contributed by atoms with Crippen molar-refractivity contribution in [3.8, 4) is 5.75 Å². The lowest BCUT2D eigenvalue weighted by molar-refractivity contribution is -0.143. The van der Waals surface area contributed by atoms with E-state index in [0.29, 0.717) is 5.56 Å². The van der Waals surface area contributed by atoms with Crippen molar-refractivity contribution >= 4 is 29.7 Å². The smallest absolute Gasteiger partial charge is 0.326 e. The van der Waals surface area contributed by atoms with Crippen LogP contribution in [0.4, 0.5) is 0 Å². The molecule has 0 fully saturated rings. The van der Waals surface area contributed by atoms with Crippen molar-refractivity contribution in [2.75, 3.05) is 0 Å². The molecule has 31 heavy (non-hydrogen) atoms. The zero-order valence-electron chi connectivity index (χ0n) is 16.5. The predicted octanol–water partition coefficient (Wildman–Crippen LogP) is -0.954. The zero-order valence-corrected chi connectivity index (χ0v) is 16.5. The Morgan fingerprint density at radius 1 is 0.806 bits per heavy atom. The first kappa shape index (κ1) is 25.4. The Balaban J connectivity index is 2.96. The van der Waals surface area contributed by atoms with Crippen LogP contribution in [0.1, 0.15) is 31.2 Å². The van der Waals surface area contributed by atoms with Crippen molar-refractivity contribution in [3.63, 3.8) is 0 Å². The van der Waals surface area contributed by atoms with E-state index in [-0.39, 0.29) is 31.4 Å². The number of carbonyl (C=O) groups excluding carboxylic acids is 2. The molecule has 3 atom stereocenters. The van der Waals surface area contributed by atoms with Crippen LogP contribution in [0.15, 0.2) is 24.3 Å². The molecule has 0 aliphatic carbocycles. The lowest BCUT2D eigenvalue weighted by Gasteiger charge is -2.23. The first-order chi connectivity index (χ1) is 14.5. The Labute approximate surface area is 177 Å². The van der Waals surface area contributed by atoms with Gasteiger partial charge in [0.2, 0.25) is 11.8 Å². The van der Waals surface area contributed by atoms with Gasteiger partial charge < -0.3 is 36.8 Å². The summed E-state index contributed by atoms with van der Waals surface area (Å²) in [6, 6.07) is 1.71. The van der Waals surface area contributed by atoms with Crippen LogP contribution in [0.25, 0.3) is 0 Å². The van der Waals surface area contributed by atoms with Crippen LogP contribution in [-0.4, -0.2) is 68.3 Å². The van der Waals surface area contributed by atoms with Crippen LogP contribution in [0.2, 0.25) is 0 Å². The number of amides is 2. The van der Waals surface area contributed by atoms with Crippen LogP contribution in [0, 0.1) is 0 Å². The molecule has 0 bridgehead atoms. The van der Waals surface area contributed by atoms with E-state index in [1.165, 1.54) is 24.3 Å². The third-order valence-corrected chi connectivity index (χ3v) is 4.28. The summed E-state index contributed by atoms with van der Waals surface area (Å²) in [7, 11) is 0. The summed E-state index contributed by atoms with van der Waals surface area (Å²) < 4.78 is 0. The van der Waals surface area contributed by atoms with Crippen molar-refractivity contribution in [1.82, 2.24) is 10.6 Å². The van der Waals surface area contributed by atoms with Gasteiger partial charge in [0, 0.05) is 19.3 Å². The first-order valence-electron chi connectivity index (χ1n) is 9.30. The number of nitrogens with two attached hydrogens (primary N) is 1. The molecule has 0 spiro atoms. The van der Waals surface area contributed by atoms with Gasteiger partial charge in [0.1, 0.15) is 17.8 Å². The predicted molar refractivity (Wildman–Crippen MR) is 105 cm³/mol.